The number of aromatic nitrogens is 2. The number of hydrogen-bond donors (Lipinski definition) is 0. The first-order chi connectivity index (χ1) is 13.7. The van der Waals surface area contributed by atoms with Gasteiger partial charge in [0.05, 0.1) is 17.7 Å². The van der Waals surface area contributed by atoms with Crippen molar-refractivity contribution >= 4 is 28.0 Å². The van der Waals surface area contributed by atoms with E-state index in [1.807, 2.05) is 31.2 Å². The maximum Gasteiger partial charge on any atom is 0.189 e. The lowest BCUT2D eigenvalue weighted by Gasteiger charge is -2.30. The van der Waals surface area contributed by atoms with E-state index in [1.165, 1.54) is 0 Å². The number of para-hydroxylation sites is 1. The molecule has 2 aliphatic heterocycles. The highest BCUT2D eigenvalue weighted by Crippen LogP contribution is 2.47. The number of ether oxygens (including phenoxy) is 2. The van der Waals surface area contributed by atoms with E-state index >= 15 is 0 Å². The van der Waals surface area contributed by atoms with Gasteiger partial charge < -0.3 is 14.4 Å². The molecule has 5 rings (SSSR count). The van der Waals surface area contributed by atoms with Gasteiger partial charge in [-0.25, -0.2) is 15.0 Å². The van der Waals surface area contributed by atoms with Crippen molar-refractivity contribution in [2.24, 2.45) is 4.99 Å². The highest BCUT2D eigenvalue weighted by atomic mass is 16.6. The summed E-state index contributed by atoms with van der Waals surface area (Å²) >= 11 is 0. The molecule has 0 aliphatic carbocycles. The Balaban J connectivity index is 1.43. The molecule has 1 aromatic heterocycles. The average Bonchev–Trinajstić information content (AvgIpc) is 2.72. The molecule has 3 heterocycles. The number of anilines is 1. The Morgan fingerprint density at radius 1 is 1.00 bits per heavy atom. The van der Waals surface area contributed by atoms with Crippen molar-refractivity contribution in [3.05, 3.63) is 47.9 Å². The number of rotatable bonds is 3. The highest BCUT2D eigenvalue weighted by molar-refractivity contribution is 5.98. The molecular weight excluding hydrogens is 352 g/mol. The van der Waals surface area contributed by atoms with Gasteiger partial charge in [-0.1, -0.05) is 18.2 Å². The standard InChI is InChI=1S/C22H22N4O2/c1-14-16-5-3-4-6-17(16)25-20(23-14)10-7-15-13-26(2)18-8-9-19-22(21(18)24-15)28-12-11-27-19/h3-6,8-9H,7,10-13H2,1-2H3. The van der Waals surface area contributed by atoms with E-state index in [2.05, 4.69) is 24.1 Å². The average molecular weight is 374 g/mol. The largest absolute Gasteiger partial charge is 0.486 e. The Labute approximate surface area is 163 Å². The Morgan fingerprint density at radius 3 is 2.79 bits per heavy atom. The van der Waals surface area contributed by atoms with Crippen LogP contribution in [0.1, 0.15) is 17.9 Å². The molecule has 28 heavy (non-hydrogen) atoms. The van der Waals surface area contributed by atoms with E-state index in [4.69, 9.17) is 24.4 Å². The molecule has 0 N–H and O–H groups in total. The Hall–Kier alpha value is -3.15. The molecule has 6 heteroatoms. The topological polar surface area (TPSA) is 59.8 Å². The first kappa shape index (κ1) is 17.0. The van der Waals surface area contributed by atoms with E-state index in [9.17, 15) is 0 Å². The van der Waals surface area contributed by atoms with Crippen LogP contribution in [0.2, 0.25) is 0 Å². The van der Waals surface area contributed by atoms with E-state index in [1.54, 1.807) is 0 Å². The third kappa shape index (κ3) is 2.95. The van der Waals surface area contributed by atoms with Crippen LogP contribution in [0.5, 0.6) is 11.5 Å². The molecule has 0 fully saturated rings. The molecule has 0 bridgehead atoms. The lowest BCUT2D eigenvalue weighted by Crippen LogP contribution is -2.29. The molecule has 0 unspecified atom stereocenters. The summed E-state index contributed by atoms with van der Waals surface area (Å²) in [5.74, 6) is 2.39. The van der Waals surface area contributed by atoms with Crippen molar-refractivity contribution < 1.29 is 9.47 Å². The van der Waals surface area contributed by atoms with Gasteiger partial charge in [-0.2, -0.15) is 0 Å². The van der Waals surface area contributed by atoms with Crippen LogP contribution in [0.4, 0.5) is 11.4 Å². The number of aryl methyl sites for hydroxylation is 2. The van der Waals surface area contributed by atoms with Crippen molar-refractivity contribution in [2.45, 2.75) is 19.8 Å². The van der Waals surface area contributed by atoms with Crippen LogP contribution in [-0.4, -0.2) is 42.5 Å². The lowest BCUT2D eigenvalue weighted by molar-refractivity contribution is 0.172. The fourth-order valence-corrected chi connectivity index (χ4v) is 3.86. The van der Waals surface area contributed by atoms with Gasteiger partial charge in [-0.3, -0.25) is 0 Å². The number of hydrogen-bond acceptors (Lipinski definition) is 6. The summed E-state index contributed by atoms with van der Waals surface area (Å²) in [7, 11) is 2.08. The number of benzene rings is 2. The van der Waals surface area contributed by atoms with Crippen molar-refractivity contribution in [1.29, 1.82) is 0 Å². The second kappa shape index (κ2) is 6.78. The van der Waals surface area contributed by atoms with Crippen LogP contribution >= 0.6 is 0 Å². The maximum absolute atomic E-state index is 5.86. The van der Waals surface area contributed by atoms with Crippen LogP contribution in [0.15, 0.2) is 41.4 Å². The van der Waals surface area contributed by atoms with Crippen LogP contribution in [0.25, 0.3) is 10.9 Å². The van der Waals surface area contributed by atoms with E-state index < -0.39 is 0 Å². The predicted octanol–water partition coefficient (Wildman–Crippen LogP) is 3.86. The summed E-state index contributed by atoms with van der Waals surface area (Å²) in [4.78, 5) is 16.6. The molecular formula is C22H22N4O2. The van der Waals surface area contributed by atoms with Crippen molar-refractivity contribution in [2.75, 3.05) is 31.7 Å². The lowest BCUT2D eigenvalue weighted by atomic mass is 10.1. The summed E-state index contributed by atoms with van der Waals surface area (Å²) in [5, 5.41) is 1.11. The summed E-state index contributed by atoms with van der Waals surface area (Å²) in [6, 6.07) is 12.2. The zero-order valence-electron chi connectivity index (χ0n) is 16.1. The van der Waals surface area contributed by atoms with Gasteiger partial charge in [-0.15, -0.1) is 0 Å². The van der Waals surface area contributed by atoms with Crippen LogP contribution in [0.3, 0.4) is 0 Å². The maximum atomic E-state index is 5.86. The van der Waals surface area contributed by atoms with Crippen LogP contribution < -0.4 is 14.4 Å². The molecule has 0 saturated heterocycles. The minimum atomic E-state index is 0.558. The predicted molar refractivity (Wildman–Crippen MR) is 110 cm³/mol. The highest BCUT2D eigenvalue weighted by Gasteiger charge is 2.25. The minimum Gasteiger partial charge on any atom is -0.486 e. The molecule has 2 aliphatic rings. The molecule has 142 valence electrons. The third-order valence-electron chi connectivity index (χ3n) is 5.24. The van der Waals surface area contributed by atoms with Crippen molar-refractivity contribution in [3.63, 3.8) is 0 Å². The minimum absolute atomic E-state index is 0.558. The molecule has 0 radical (unpaired) electrons. The second-order valence-corrected chi connectivity index (χ2v) is 7.23. The Morgan fingerprint density at radius 2 is 1.86 bits per heavy atom. The van der Waals surface area contributed by atoms with Gasteiger partial charge in [0.15, 0.2) is 11.5 Å². The van der Waals surface area contributed by atoms with Gasteiger partial charge in [0.2, 0.25) is 0 Å². The second-order valence-electron chi connectivity index (χ2n) is 7.23. The first-order valence-corrected chi connectivity index (χ1v) is 9.61. The first-order valence-electron chi connectivity index (χ1n) is 9.61. The SMILES string of the molecule is Cc1nc(CCC2=Nc3c(ccc4c3OCCO4)N(C)C2)nc2ccccc12. The monoisotopic (exact) mass is 374 g/mol. The molecule has 6 nitrogen and oxygen atoms in total. The number of nitrogens with zero attached hydrogens (tertiary/aromatic N) is 4. The van der Waals surface area contributed by atoms with Crippen LogP contribution in [0, 0.1) is 6.92 Å². The summed E-state index contributed by atoms with van der Waals surface area (Å²) < 4.78 is 11.6. The van der Waals surface area contributed by atoms with Crippen molar-refractivity contribution in [1.82, 2.24) is 9.97 Å². The smallest absolute Gasteiger partial charge is 0.189 e. The molecule has 0 saturated carbocycles. The van der Waals surface area contributed by atoms with Gasteiger partial charge in [-0.05, 0) is 31.5 Å². The van der Waals surface area contributed by atoms with Crippen LogP contribution in [-0.2, 0) is 6.42 Å². The van der Waals surface area contributed by atoms with Gasteiger partial charge in [0.25, 0.3) is 0 Å². The summed E-state index contributed by atoms with van der Waals surface area (Å²) in [6.07, 6.45) is 1.58. The normalized spacial score (nSPS) is 15.4. The summed E-state index contributed by atoms with van der Waals surface area (Å²) in [6.45, 7) is 3.97. The molecule has 0 atom stereocenters. The Kier molecular flexibility index (Phi) is 4.11. The number of fused-ring (bicyclic) bond motifs is 4. The van der Waals surface area contributed by atoms with E-state index in [0.29, 0.717) is 13.2 Å². The van der Waals surface area contributed by atoms with Gasteiger partial charge in [0, 0.05) is 30.3 Å². The zero-order chi connectivity index (χ0) is 19.1. The molecule has 0 amide bonds. The van der Waals surface area contributed by atoms with Gasteiger partial charge in [0.1, 0.15) is 24.7 Å². The quantitative estimate of drug-likeness (QED) is 0.697. The fraction of sp³-hybridized carbons (Fsp3) is 0.318. The number of aliphatic imine (C=N–C) groups is 1. The summed E-state index contributed by atoms with van der Waals surface area (Å²) in [5.41, 5.74) is 5.07. The zero-order valence-corrected chi connectivity index (χ0v) is 16.1. The molecule has 0 spiro atoms. The van der Waals surface area contributed by atoms with E-state index in [-0.39, 0.29) is 0 Å². The van der Waals surface area contributed by atoms with Gasteiger partial charge >= 0.3 is 0 Å². The Bertz CT molecular complexity index is 1090. The van der Waals surface area contributed by atoms with E-state index in [0.717, 1.165) is 70.4 Å². The third-order valence-corrected chi connectivity index (χ3v) is 5.24. The fourth-order valence-electron chi connectivity index (χ4n) is 3.86. The van der Waals surface area contributed by atoms with Crippen molar-refractivity contribution in [3.8, 4) is 11.5 Å². The molecule has 3 aromatic rings. The molecule has 2 aromatic carbocycles.